The van der Waals surface area contributed by atoms with Gasteiger partial charge in [0.2, 0.25) is 0 Å². The van der Waals surface area contributed by atoms with Gasteiger partial charge in [-0.1, -0.05) is 59.1 Å². The first kappa shape index (κ1) is 17.6. The van der Waals surface area contributed by atoms with Crippen LogP contribution in [-0.4, -0.2) is 29.3 Å². The zero-order chi connectivity index (χ0) is 14.0. The van der Waals surface area contributed by atoms with Gasteiger partial charge in [0.05, 0.1) is 6.61 Å². The van der Waals surface area contributed by atoms with E-state index in [9.17, 15) is 5.11 Å². The Morgan fingerprint density at radius 3 is 2.11 bits per heavy atom. The molecule has 2 N–H and O–H groups in total. The summed E-state index contributed by atoms with van der Waals surface area (Å²) < 4.78 is 0. The average Bonchev–Trinajstić information content (AvgIpc) is 2.42. The van der Waals surface area contributed by atoms with Crippen molar-refractivity contribution in [1.29, 1.82) is 0 Å². The lowest BCUT2D eigenvalue weighted by Crippen LogP contribution is -2.26. The lowest BCUT2D eigenvalue weighted by molar-refractivity contribution is 0.194. The molecule has 1 aromatic rings. The molecular weight excluding hydrogens is 292 g/mol. The Kier molecular flexibility index (Phi) is 9.34. The van der Waals surface area contributed by atoms with E-state index in [1.807, 2.05) is 0 Å². The fraction of sp³-hybridized carbons (Fsp3) is 0.600. The number of aryl methyl sites for hydroxylation is 1. The summed E-state index contributed by atoms with van der Waals surface area (Å²) in [4.78, 5) is 0. The van der Waals surface area contributed by atoms with Crippen molar-refractivity contribution < 1.29 is 10.2 Å². The molecule has 0 spiro atoms. The Morgan fingerprint density at radius 2 is 1.67 bits per heavy atom. The minimum atomic E-state index is -0.0874. The summed E-state index contributed by atoms with van der Waals surface area (Å²) in [5.74, 6) is 0. The van der Waals surface area contributed by atoms with E-state index in [2.05, 4.69) is 54.0 Å². The molecule has 0 aliphatic carbocycles. The van der Waals surface area contributed by atoms with Crippen molar-refractivity contribution in [2.24, 2.45) is 0 Å². The van der Waals surface area contributed by atoms with Crippen molar-refractivity contribution in [2.75, 3.05) is 19.0 Å². The molecule has 2 nitrogen and oxygen atoms in total. The van der Waals surface area contributed by atoms with Gasteiger partial charge in [0.25, 0.3) is 0 Å². The van der Waals surface area contributed by atoms with Crippen molar-refractivity contribution in [3.8, 4) is 0 Å². The van der Waals surface area contributed by atoms with E-state index in [0.29, 0.717) is 0 Å². The van der Waals surface area contributed by atoms with E-state index in [1.165, 1.54) is 17.5 Å². The molecule has 0 heterocycles. The fourth-order valence-electron chi connectivity index (χ4n) is 1.88. The number of hydrogen-bond donors (Lipinski definition) is 2. The summed E-state index contributed by atoms with van der Waals surface area (Å²) in [7, 11) is 1.00. The van der Waals surface area contributed by atoms with Gasteiger partial charge in [-0.15, -0.1) is 0 Å². The zero-order valence-electron chi connectivity index (χ0n) is 11.6. The first-order valence-corrected chi connectivity index (χ1v) is 7.43. The zero-order valence-corrected chi connectivity index (χ0v) is 13.2. The second kappa shape index (κ2) is 9.54. The number of hydrogen-bond acceptors (Lipinski definition) is 2. The standard InChI is InChI=1S/C14H21BrO.CH4O/c1-12-5-7-13(8-6-12)14(2,11-16)9-3-4-10-15;1-2/h5-8,16H,3-4,9-11H2,1-2H3;2H,1H3. The third-order valence-electron chi connectivity index (χ3n) is 3.21. The quantitative estimate of drug-likeness (QED) is 0.623. The minimum Gasteiger partial charge on any atom is -0.400 e. The maximum atomic E-state index is 9.60. The van der Waals surface area contributed by atoms with Gasteiger partial charge in [0.1, 0.15) is 0 Å². The predicted octanol–water partition coefficient (Wildman–Crippen LogP) is 3.42. The first-order valence-electron chi connectivity index (χ1n) is 6.31. The molecule has 0 aliphatic heterocycles. The molecule has 0 bridgehead atoms. The Morgan fingerprint density at radius 1 is 1.11 bits per heavy atom. The predicted molar refractivity (Wildman–Crippen MR) is 81.4 cm³/mol. The van der Waals surface area contributed by atoms with Gasteiger partial charge in [0.15, 0.2) is 0 Å². The van der Waals surface area contributed by atoms with Crippen molar-refractivity contribution in [3.05, 3.63) is 35.4 Å². The third kappa shape index (κ3) is 5.51. The molecule has 0 radical (unpaired) electrons. The number of rotatable bonds is 6. The second-order valence-electron chi connectivity index (χ2n) is 4.73. The molecular formula is C15H25BrO2. The van der Waals surface area contributed by atoms with Crippen LogP contribution in [0.15, 0.2) is 24.3 Å². The Labute approximate surface area is 119 Å². The highest BCUT2D eigenvalue weighted by Gasteiger charge is 2.24. The van der Waals surface area contributed by atoms with Gasteiger partial charge >= 0.3 is 0 Å². The van der Waals surface area contributed by atoms with Crippen molar-refractivity contribution in [3.63, 3.8) is 0 Å². The van der Waals surface area contributed by atoms with Gasteiger partial charge in [-0.3, -0.25) is 0 Å². The summed E-state index contributed by atoms with van der Waals surface area (Å²) in [6, 6.07) is 8.51. The van der Waals surface area contributed by atoms with Crippen LogP contribution in [0.2, 0.25) is 0 Å². The van der Waals surface area contributed by atoms with Crippen LogP contribution in [0.3, 0.4) is 0 Å². The molecule has 0 saturated heterocycles. The number of benzene rings is 1. The van der Waals surface area contributed by atoms with Gasteiger partial charge in [-0.2, -0.15) is 0 Å². The summed E-state index contributed by atoms with van der Waals surface area (Å²) >= 11 is 3.44. The monoisotopic (exact) mass is 316 g/mol. The molecule has 3 heteroatoms. The van der Waals surface area contributed by atoms with Gasteiger partial charge < -0.3 is 10.2 Å². The molecule has 0 fully saturated rings. The number of unbranched alkanes of at least 4 members (excludes halogenated alkanes) is 1. The summed E-state index contributed by atoms with van der Waals surface area (Å²) in [6.07, 6.45) is 3.36. The molecule has 0 aromatic heterocycles. The molecule has 1 aromatic carbocycles. The van der Waals surface area contributed by atoms with Gasteiger partial charge in [-0.05, 0) is 25.3 Å². The van der Waals surface area contributed by atoms with Crippen LogP contribution >= 0.6 is 15.9 Å². The number of aliphatic hydroxyl groups is 2. The van der Waals surface area contributed by atoms with Crippen LogP contribution in [0.5, 0.6) is 0 Å². The highest BCUT2D eigenvalue weighted by Crippen LogP contribution is 2.29. The van der Waals surface area contributed by atoms with Crippen LogP contribution in [0.4, 0.5) is 0 Å². The molecule has 0 aliphatic rings. The van der Waals surface area contributed by atoms with Crippen LogP contribution in [0, 0.1) is 6.92 Å². The van der Waals surface area contributed by atoms with Crippen LogP contribution in [0.25, 0.3) is 0 Å². The fourth-order valence-corrected chi connectivity index (χ4v) is 2.28. The molecule has 1 rings (SSSR count). The molecule has 1 unspecified atom stereocenters. The lowest BCUT2D eigenvalue weighted by Gasteiger charge is -2.28. The lowest BCUT2D eigenvalue weighted by atomic mass is 9.79. The van der Waals surface area contributed by atoms with E-state index in [-0.39, 0.29) is 12.0 Å². The highest BCUT2D eigenvalue weighted by atomic mass is 79.9. The van der Waals surface area contributed by atoms with E-state index < -0.39 is 0 Å². The smallest absolute Gasteiger partial charge is 0.0525 e. The first-order chi connectivity index (χ1) is 8.62. The van der Waals surface area contributed by atoms with Crippen LogP contribution in [0.1, 0.15) is 37.3 Å². The number of aliphatic hydroxyl groups excluding tert-OH is 2. The topological polar surface area (TPSA) is 40.5 Å². The van der Waals surface area contributed by atoms with E-state index in [1.54, 1.807) is 0 Å². The van der Waals surface area contributed by atoms with E-state index in [0.717, 1.165) is 25.3 Å². The Balaban J connectivity index is 0.00000137. The molecule has 104 valence electrons. The minimum absolute atomic E-state index is 0.0874. The maximum Gasteiger partial charge on any atom is 0.0525 e. The molecule has 0 amide bonds. The van der Waals surface area contributed by atoms with Crippen molar-refractivity contribution in [1.82, 2.24) is 0 Å². The largest absolute Gasteiger partial charge is 0.400 e. The van der Waals surface area contributed by atoms with Crippen LogP contribution < -0.4 is 0 Å². The van der Waals surface area contributed by atoms with Crippen LogP contribution in [-0.2, 0) is 5.41 Å². The molecule has 1 atom stereocenters. The normalized spacial score (nSPS) is 13.4. The van der Waals surface area contributed by atoms with Crippen molar-refractivity contribution >= 4 is 15.9 Å². The van der Waals surface area contributed by atoms with E-state index in [4.69, 9.17) is 5.11 Å². The second-order valence-corrected chi connectivity index (χ2v) is 5.52. The summed E-state index contributed by atoms with van der Waals surface area (Å²) in [5.41, 5.74) is 2.43. The van der Waals surface area contributed by atoms with Crippen molar-refractivity contribution in [2.45, 2.75) is 38.5 Å². The van der Waals surface area contributed by atoms with Gasteiger partial charge in [-0.25, -0.2) is 0 Å². The SMILES string of the molecule is CO.Cc1ccc(C(C)(CO)CCCCBr)cc1. The molecule has 18 heavy (non-hydrogen) atoms. The average molecular weight is 317 g/mol. The van der Waals surface area contributed by atoms with E-state index >= 15 is 0 Å². The van der Waals surface area contributed by atoms with Gasteiger partial charge in [0, 0.05) is 17.9 Å². The Hall–Kier alpha value is -0.380. The summed E-state index contributed by atoms with van der Waals surface area (Å²) in [6.45, 7) is 4.45. The number of alkyl halides is 1. The highest BCUT2D eigenvalue weighted by molar-refractivity contribution is 9.09. The molecule has 0 saturated carbocycles. The third-order valence-corrected chi connectivity index (χ3v) is 3.77. The maximum absolute atomic E-state index is 9.60. The summed E-state index contributed by atoms with van der Waals surface area (Å²) in [5, 5.41) is 17.6. The Bertz CT molecular complexity index is 311. The number of halogens is 1.